The average molecular weight is 208 g/mol. The maximum atomic E-state index is 11.2. The van der Waals surface area contributed by atoms with Crippen LogP contribution in [0.1, 0.15) is 30.1 Å². The number of hydrogen-bond donors (Lipinski definition) is 2. The first-order valence-electron chi connectivity index (χ1n) is 4.62. The van der Waals surface area contributed by atoms with Crippen molar-refractivity contribution < 1.29 is 14.7 Å². The predicted molar refractivity (Wildman–Crippen MR) is 54.7 cm³/mol. The molecule has 80 valence electrons. The van der Waals surface area contributed by atoms with Crippen molar-refractivity contribution >= 4 is 17.7 Å². The summed E-state index contributed by atoms with van der Waals surface area (Å²) in [6.07, 6.45) is 2.41. The molecule has 5 nitrogen and oxygen atoms in total. The topological polar surface area (TPSA) is 79.3 Å². The Morgan fingerprint density at radius 2 is 2.20 bits per heavy atom. The first-order valence-corrected chi connectivity index (χ1v) is 4.62. The third-order valence-electron chi connectivity index (χ3n) is 1.75. The van der Waals surface area contributed by atoms with Crippen LogP contribution in [0.4, 0.5) is 5.82 Å². The number of amides is 1. The second-order valence-corrected chi connectivity index (χ2v) is 3.04. The molecule has 1 rings (SSSR count). The maximum absolute atomic E-state index is 11.2. The van der Waals surface area contributed by atoms with E-state index in [0.717, 1.165) is 6.42 Å². The van der Waals surface area contributed by atoms with Crippen molar-refractivity contribution in [3.63, 3.8) is 0 Å². The molecule has 1 aromatic heterocycles. The molecule has 0 fully saturated rings. The highest BCUT2D eigenvalue weighted by atomic mass is 16.4. The molecule has 0 aliphatic carbocycles. The van der Waals surface area contributed by atoms with E-state index in [0.29, 0.717) is 12.2 Å². The highest BCUT2D eigenvalue weighted by molar-refractivity contribution is 5.91. The molecule has 0 aliphatic rings. The van der Waals surface area contributed by atoms with Gasteiger partial charge in [-0.2, -0.15) is 0 Å². The minimum absolute atomic E-state index is 0.100. The molecule has 15 heavy (non-hydrogen) atoms. The SMILES string of the molecule is CCCC(=O)Nc1ccc(C(=O)O)cn1. The van der Waals surface area contributed by atoms with Gasteiger partial charge in [0.05, 0.1) is 5.56 Å². The predicted octanol–water partition coefficient (Wildman–Crippen LogP) is 1.52. The van der Waals surface area contributed by atoms with Gasteiger partial charge in [-0.05, 0) is 18.6 Å². The molecule has 2 N–H and O–H groups in total. The van der Waals surface area contributed by atoms with E-state index in [4.69, 9.17) is 5.11 Å². The van der Waals surface area contributed by atoms with Gasteiger partial charge in [0.2, 0.25) is 5.91 Å². The minimum Gasteiger partial charge on any atom is -0.478 e. The summed E-state index contributed by atoms with van der Waals surface area (Å²) in [5.41, 5.74) is 0.100. The Balaban J connectivity index is 2.64. The van der Waals surface area contributed by atoms with Crippen molar-refractivity contribution in [3.8, 4) is 0 Å². The Hall–Kier alpha value is -1.91. The fourth-order valence-electron chi connectivity index (χ4n) is 1.03. The molecule has 0 saturated heterocycles. The van der Waals surface area contributed by atoms with E-state index < -0.39 is 5.97 Å². The molecule has 1 heterocycles. The van der Waals surface area contributed by atoms with Crippen molar-refractivity contribution in [3.05, 3.63) is 23.9 Å². The number of aromatic carboxylic acids is 1. The number of nitrogens with one attached hydrogen (secondary N) is 1. The monoisotopic (exact) mass is 208 g/mol. The molecule has 0 spiro atoms. The summed E-state index contributed by atoms with van der Waals surface area (Å²) < 4.78 is 0. The van der Waals surface area contributed by atoms with E-state index in [1.165, 1.54) is 18.3 Å². The number of carbonyl (C=O) groups excluding carboxylic acids is 1. The van der Waals surface area contributed by atoms with Gasteiger partial charge in [-0.25, -0.2) is 9.78 Å². The number of carbonyl (C=O) groups is 2. The van der Waals surface area contributed by atoms with E-state index in [-0.39, 0.29) is 11.5 Å². The summed E-state index contributed by atoms with van der Waals surface area (Å²) in [4.78, 5) is 25.5. The molecular weight excluding hydrogens is 196 g/mol. The number of hydrogen-bond acceptors (Lipinski definition) is 3. The van der Waals surface area contributed by atoms with Crippen molar-refractivity contribution in [2.45, 2.75) is 19.8 Å². The summed E-state index contributed by atoms with van der Waals surface area (Å²) in [6.45, 7) is 1.90. The van der Waals surface area contributed by atoms with Crippen molar-refractivity contribution in [1.82, 2.24) is 4.98 Å². The Labute approximate surface area is 87.1 Å². The van der Waals surface area contributed by atoms with Gasteiger partial charge in [0, 0.05) is 12.6 Å². The molecule has 0 bridgehead atoms. The lowest BCUT2D eigenvalue weighted by Gasteiger charge is -2.02. The van der Waals surface area contributed by atoms with E-state index in [1.54, 1.807) is 0 Å². The third kappa shape index (κ3) is 3.38. The fourth-order valence-corrected chi connectivity index (χ4v) is 1.03. The van der Waals surface area contributed by atoms with Gasteiger partial charge in [-0.1, -0.05) is 6.92 Å². The third-order valence-corrected chi connectivity index (χ3v) is 1.75. The lowest BCUT2D eigenvalue weighted by molar-refractivity contribution is -0.116. The molecule has 1 aromatic rings. The van der Waals surface area contributed by atoms with E-state index >= 15 is 0 Å². The molecular formula is C10H12N2O3. The number of rotatable bonds is 4. The highest BCUT2D eigenvalue weighted by Crippen LogP contribution is 2.05. The number of pyridine rings is 1. The zero-order chi connectivity index (χ0) is 11.3. The van der Waals surface area contributed by atoms with Crippen LogP contribution in [0.3, 0.4) is 0 Å². The van der Waals surface area contributed by atoms with Crippen molar-refractivity contribution in [2.75, 3.05) is 5.32 Å². The summed E-state index contributed by atoms with van der Waals surface area (Å²) in [5, 5.41) is 11.2. The second kappa shape index (κ2) is 5.09. The van der Waals surface area contributed by atoms with Crippen LogP contribution < -0.4 is 5.32 Å². The number of aromatic nitrogens is 1. The van der Waals surface area contributed by atoms with Crippen LogP contribution in [0.15, 0.2) is 18.3 Å². The van der Waals surface area contributed by atoms with Gasteiger partial charge in [0.25, 0.3) is 0 Å². The lowest BCUT2D eigenvalue weighted by Crippen LogP contribution is -2.12. The number of carboxylic acid groups (broad SMARTS) is 1. The Morgan fingerprint density at radius 1 is 1.47 bits per heavy atom. The van der Waals surface area contributed by atoms with Gasteiger partial charge < -0.3 is 10.4 Å². The molecule has 0 radical (unpaired) electrons. The summed E-state index contributed by atoms with van der Waals surface area (Å²) in [6, 6.07) is 2.87. The fraction of sp³-hybridized carbons (Fsp3) is 0.300. The second-order valence-electron chi connectivity index (χ2n) is 3.04. The molecule has 1 amide bonds. The smallest absolute Gasteiger partial charge is 0.337 e. The minimum atomic E-state index is -1.03. The normalized spacial score (nSPS) is 9.67. The van der Waals surface area contributed by atoms with E-state index in [9.17, 15) is 9.59 Å². The highest BCUT2D eigenvalue weighted by Gasteiger charge is 2.04. The average Bonchev–Trinajstić information content (AvgIpc) is 2.18. The zero-order valence-corrected chi connectivity index (χ0v) is 8.36. The first kappa shape index (κ1) is 11.2. The van der Waals surface area contributed by atoms with Gasteiger partial charge in [-0.3, -0.25) is 4.79 Å². The van der Waals surface area contributed by atoms with Crippen LogP contribution in [0.25, 0.3) is 0 Å². The van der Waals surface area contributed by atoms with Crippen molar-refractivity contribution in [2.24, 2.45) is 0 Å². The summed E-state index contributed by atoms with van der Waals surface area (Å²) in [7, 11) is 0. The van der Waals surface area contributed by atoms with E-state index in [1.807, 2.05) is 6.92 Å². The zero-order valence-electron chi connectivity index (χ0n) is 8.36. The quantitative estimate of drug-likeness (QED) is 0.786. The van der Waals surface area contributed by atoms with Crippen LogP contribution in [0.5, 0.6) is 0 Å². The number of anilines is 1. The molecule has 0 atom stereocenters. The molecule has 0 aliphatic heterocycles. The molecule has 5 heteroatoms. The Morgan fingerprint density at radius 3 is 2.67 bits per heavy atom. The largest absolute Gasteiger partial charge is 0.478 e. The van der Waals surface area contributed by atoms with Crippen LogP contribution >= 0.6 is 0 Å². The van der Waals surface area contributed by atoms with Gasteiger partial charge in [0.1, 0.15) is 5.82 Å². The number of carboxylic acids is 1. The van der Waals surface area contributed by atoms with Crippen LogP contribution in [0, 0.1) is 0 Å². The lowest BCUT2D eigenvalue weighted by atomic mass is 10.3. The first-order chi connectivity index (χ1) is 7.13. The van der Waals surface area contributed by atoms with Gasteiger partial charge in [-0.15, -0.1) is 0 Å². The maximum Gasteiger partial charge on any atom is 0.337 e. The van der Waals surface area contributed by atoms with E-state index in [2.05, 4.69) is 10.3 Å². The Bertz CT molecular complexity index is 359. The van der Waals surface area contributed by atoms with Gasteiger partial charge >= 0.3 is 5.97 Å². The standard InChI is InChI=1S/C10H12N2O3/c1-2-3-9(13)12-8-5-4-7(6-11-8)10(14)15/h4-6H,2-3H2,1H3,(H,14,15)(H,11,12,13). The summed E-state index contributed by atoms with van der Waals surface area (Å²) in [5.74, 6) is -0.777. The van der Waals surface area contributed by atoms with Crippen LogP contribution in [0.2, 0.25) is 0 Å². The number of nitrogens with zero attached hydrogens (tertiary/aromatic N) is 1. The van der Waals surface area contributed by atoms with Crippen molar-refractivity contribution in [1.29, 1.82) is 0 Å². The van der Waals surface area contributed by atoms with Gasteiger partial charge in [0.15, 0.2) is 0 Å². The molecule has 0 unspecified atom stereocenters. The van der Waals surface area contributed by atoms with Crippen LogP contribution in [-0.2, 0) is 4.79 Å². The van der Waals surface area contributed by atoms with Crippen LogP contribution in [-0.4, -0.2) is 22.0 Å². The molecule has 0 saturated carbocycles. The summed E-state index contributed by atoms with van der Waals surface area (Å²) >= 11 is 0. The molecule has 0 aromatic carbocycles. The Kier molecular flexibility index (Phi) is 3.79.